The Morgan fingerprint density at radius 2 is 0.539 bits per heavy atom. The molecule has 0 aliphatic carbocycles. The minimum atomic E-state index is -0.802. The van der Waals surface area contributed by atoms with Crippen LogP contribution in [-0.2, 0) is 28.6 Å². The monoisotopic (exact) mass is 1050 g/mol. The van der Waals surface area contributed by atoms with Crippen molar-refractivity contribution < 1.29 is 28.6 Å². The average molecular weight is 1050 g/mol. The molecule has 0 spiro atoms. The molecule has 0 bridgehead atoms. The Morgan fingerprint density at radius 3 is 0.855 bits per heavy atom. The van der Waals surface area contributed by atoms with Crippen molar-refractivity contribution in [1.82, 2.24) is 0 Å². The molecule has 0 amide bonds. The van der Waals surface area contributed by atoms with E-state index in [-0.39, 0.29) is 31.1 Å². The quantitative estimate of drug-likeness (QED) is 0.0261. The fraction of sp³-hybridized carbons (Fsp3) is 0.643. The molecule has 0 saturated carbocycles. The van der Waals surface area contributed by atoms with Gasteiger partial charge < -0.3 is 14.2 Å². The van der Waals surface area contributed by atoms with Crippen LogP contribution in [0.15, 0.2) is 134 Å². The highest BCUT2D eigenvalue weighted by atomic mass is 16.6. The van der Waals surface area contributed by atoms with Crippen molar-refractivity contribution in [3.05, 3.63) is 134 Å². The van der Waals surface area contributed by atoms with Gasteiger partial charge in [-0.25, -0.2) is 0 Å². The second-order valence-corrected chi connectivity index (χ2v) is 20.2. The number of hydrogen-bond donors (Lipinski definition) is 0. The normalized spacial score (nSPS) is 13.0. The number of carbonyl (C=O) groups is 3. The summed E-state index contributed by atoms with van der Waals surface area (Å²) in [5, 5.41) is 0. The second kappa shape index (κ2) is 63.1. The number of unbranched alkanes of at least 4 members (excludes halogenated alkanes) is 22. The van der Waals surface area contributed by atoms with E-state index in [4.69, 9.17) is 14.2 Å². The molecule has 430 valence electrons. The molecular formula is C70H114O6. The smallest absolute Gasteiger partial charge is 0.306 e. The SMILES string of the molecule is CC/C=C\C/C=C\C/C=C\C/C=C\C/C=C\C/C=C\C/C=C\CCCCCCCC(=O)OCC(COC(=O)CCCCCCC/C=C\C/C=C\CCC)OC(=O)CCCCCCCCC/C=C\C/C=C\CCCCCC. The lowest BCUT2D eigenvalue weighted by Gasteiger charge is -2.18. The first kappa shape index (κ1) is 71.5. The summed E-state index contributed by atoms with van der Waals surface area (Å²) in [6.07, 6.45) is 88.7. The summed E-state index contributed by atoms with van der Waals surface area (Å²) in [5.41, 5.74) is 0. The predicted octanol–water partition coefficient (Wildman–Crippen LogP) is 21.4. The van der Waals surface area contributed by atoms with Crippen LogP contribution in [0, 0.1) is 0 Å². The Balaban J connectivity index is 4.41. The lowest BCUT2D eigenvalue weighted by Crippen LogP contribution is -2.30. The molecule has 0 heterocycles. The lowest BCUT2D eigenvalue weighted by molar-refractivity contribution is -0.167. The maximum atomic E-state index is 12.9. The third-order valence-corrected chi connectivity index (χ3v) is 12.8. The molecule has 0 rings (SSSR count). The molecule has 1 unspecified atom stereocenters. The van der Waals surface area contributed by atoms with E-state index in [1.165, 1.54) is 64.2 Å². The first-order chi connectivity index (χ1) is 37.5. The number of esters is 3. The van der Waals surface area contributed by atoms with Crippen LogP contribution < -0.4 is 0 Å². The third-order valence-electron chi connectivity index (χ3n) is 12.8. The standard InChI is InChI=1S/C70H114O6/c1-4-7-10-13-16-19-22-25-27-29-31-32-33-34-35-36-37-38-39-41-42-45-48-51-54-57-60-63-69(72)75-66-67(65-74-68(71)62-59-56-53-50-47-44-24-21-18-15-12-9-6-3)76-70(73)64-61-58-55-52-49-46-43-40-30-28-26-23-20-17-14-11-8-5-2/h7,10,12,15-16,19-21,23-25,27-28,30-32,34-35,37-38,41-42,67H,4-6,8-9,11,13-14,17-18,22,26,29,33,36,39-40,43-66H2,1-3H3/b10-7-,15-12-,19-16-,23-20-,24-21-,27-25-,30-28-,32-31-,35-34-,38-37-,42-41-. The first-order valence-corrected chi connectivity index (χ1v) is 31.2. The zero-order valence-corrected chi connectivity index (χ0v) is 49.2. The average Bonchev–Trinajstić information content (AvgIpc) is 3.42. The van der Waals surface area contributed by atoms with Crippen LogP contribution in [0.5, 0.6) is 0 Å². The van der Waals surface area contributed by atoms with Crippen LogP contribution in [0.4, 0.5) is 0 Å². The van der Waals surface area contributed by atoms with Crippen LogP contribution in [0.25, 0.3) is 0 Å². The topological polar surface area (TPSA) is 78.9 Å². The van der Waals surface area contributed by atoms with Crippen molar-refractivity contribution in [2.75, 3.05) is 13.2 Å². The summed E-state index contributed by atoms with van der Waals surface area (Å²) in [6.45, 7) is 6.41. The van der Waals surface area contributed by atoms with E-state index in [0.717, 1.165) is 167 Å². The van der Waals surface area contributed by atoms with Crippen LogP contribution in [0.3, 0.4) is 0 Å². The Bertz CT molecular complexity index is 1630. The van der Waals surface area contributed by atoms with Crippen molar-refractivity contribution in [3.63, 3.8) is 0 Å². The molecule has 1 atom stereocenters. The molecule has 0 fully saturated rings. The Kier molecular flexibility index (Phi) is 59.4. The maximum Gasteiger partial charge on any atom is 0.306 e. The van der Waals surface area contributed by atoms with Crippen molar-refractivity contribution in [2.24, 2.45) is 0 Å². The zero-order chi connectivity index (χ0) is 55.0. The Morgan fingerprint density at radius 1 is 0.276 bits per heavy atom. The van der Waals surface area contributed by atoms with E-state index in [0.29, 0.717) is 19.3 Å². The van der Waals surface area contributed by atoms with Gasteiger partial charge in [-0.3, -0.25) is 14.4 Å². The van der Waals surface area contributed by atoms with Crippen molar-refractivity contribution in [1.29, 1.82) is 0 Å². The molecule has 0 radical (unpaired) electrons. The van der Waals surface area contributed by atoms with Gasteiger partial charge >= 0.3 is 17.9 Å². The highest BCUT2D eigenvalue weighted by Gasteiger charge is 2.19. The van der Waals surface area contributed by atoms with Crippen molar-refractivity contribution in [3.8, 4) is 0 Å². The number of hydrogen-bond acceptors (Lipinski definition) is 6. The van der Waals surface area contributed by atoms with Crippen LogP contribution in [-0.4, -0.2) is 37.2 Å². The van der Waals surface area contributed by atoms with E-state index in [2.05, 4.69) is 154 Å². The molecule has 0 aromatic carbocycles. The number of ether oxygens (including phenoxy) is 3. The van der Waals surface area contributed by atoms with Crippen LogP contribution >= 0.6 is 0 Å². The molecule has 0 aliphatic heterocycles. The second-order valence-electron chi connectivity index (χ2n) is 20.2. The van der Waals surface area contributed by atoms with Gasteiger partial charge in [-0.1, -0.05) is 251 Å². The van der Waals surface area contributed by atoms with E-state index < -0.39 is 6.10 Å². The van der Waals surface area contributed by atoms with Crippen LogP contribution in [0.1, 0.15) is 271 Å². The summed E-state index contributed by atoms with van der Waals surface area (Å²) in [4.78, 5) is 38.3. The third kappa shape index (κ3) is 60.4. The fourth-order valence-electron chi connectivity index (χ4n) is 8.20. The van der Waals surface area contributed by atoms with Gasteiger partial charge in [0.2, 0.25) is 0 Å². The number of carbonyl (C=O) groups excluding carboxylic acids is 3. The van der Waals surface area contributed by atoms with Gasteiger partial charge in [0.25, 0.3) is 0 Å². The van der Waals surface area contributed by atoms with Gasteiger partial charge in [0.15, 0.2) is 6.10 Å². The van der Waals surface area contributed by atoms with E-state index in [1.54, 1.807) is 0 Å². The first-order valence-electron chi connectivity index (χ1n) is 31.2. The summed E-state index contributed by atoms with van der Waals surface area (Å²) in [7, 11) is 0. The number of allylic oxidation sites excluding steroid dienone is 22. The van der Waals surface area contributed by atoms with E-state index in [9.17, 15) is 14.4 Å². The molecule has 6 heteroatoms. The Hall–Kier alpha value is -4.45. The van der Waals surface area contributed by atoms with Gasteiger partial charge in [0.1, 0.15) is 13.2 Å². The molecule has 0 N–H and O–H groups in total. The molecule has 0 aromatic heterocycles. The van der Waals surface area contributed by atoms with Crippen molar-refractivity contribution in [2.45, 2.75) is 277 Å². The highest BCUT2D eigenvalue weighted by Crippen LogP contribution is 2.14. The lowest BCUT2D eigenvalue weighted by atomic mass is 10.1. The fourth-order valence-corrected chi connectivity index (χ4v) is 8.20. The zero-order valence-electron chi connectivity index (χ0n) is 49.2. The van der Waals surface area contributed by atoms with E-state index in [1.807, 2.05) is 0 Å². The summed E-state index contributed by atoms with van der Waals surface area (Å²) in [5.74, 6) is -0.939. The molecule has 0 saturated heterocycles. The van der Waals surface area contributed by atoms with Gasteiger partial charge in [-0.2, -0.15) is 0 Å². The molecule has 6 nitrogen and oxygen atoms in total. The largest absolute Gasteiger partial charge is 0.462 e. The van der Waals surface area contributed by atoms with Gasteiger partial charge in [-0.15, -0.1) is 0 Å². The van der Waals surface area contributed by atoms with Crippen LogP contribution in [0.2, 0.25) is 0 Å². The van der Waals surface area contributed by atoms with Gasteiger partial charge in [0, 0.05) is 19.3 Å². The van der Waals surface area contributed by atoms with E-state index >= 15 is 0 Å². The summed E-state index contributed by atoms with van der Waals surface area (Å²) >= 11 is 0. The number of rotatable bonds is 55. The molecule has 76 heavy (non-hydrogen) atoms. The molecular weight excluding hydrogens is 937 g/mol. The minimum absolute atomic E-state index is 0.0985. The minimum Gasteiger partial charge on any atom is -0.462 e. The Labute approximate surface area is 468 Å². The predicted molar refractivity (Wildman–Crippen MR) is 329 cm³/mol. The summed E-state index contributed by atoms with van der Waals surface area (Å²) in [6, 6.07) is 0. The van der Waals surface area contributed by atoms with Gasteiger partial charge in [0.05, 0.1) is 0 Å². The molecule has 0 aromatic rings. The van der Waals surface area contributed by atoms with Gasteiger partial charge in [-0.05, 0) is 135 Å². The molecule has 0 aliphatic rings. The maximum absolute atomic E-state index is 12.9. The highest BCUT2D eigenvalue weighted by molar-refractivity contribution is 5.71. The summed E-state index contributed by atoms with van der Waals surface area (Å²) < 4.78 is 16.9. The van der Waals surface area contributed by atoms with Crippen molar-refractivity contribution >= 4 is 17.9 Å².